The first kappa shape index (κ1) is 15.1. The minimum atomic E-state index is -0.351. The van der Waals surface area contributed by atoms with Gasteiger partial charge in [0.2, 0.25) is 5.91 Å². The third-order valence-electron chi connectivity index (χ3n) is 4.58. The lowest BCUT2D eigenvalue weighted by Gasteiger charge is -2.33. The highest BCUT2D eigenvalue weighted by atomic mass is 16.5. The summed E-state index contributed by atoms with van der Waals surface area (Å²) in [5.41, 5.74) is 2.24. The molecule has 0 aliphatic carbocycles. The molecule has 0 bridgehead atoms. The number of likely N-dealkylation sites (tertiary alicyclic amines) is 1. The van der Waals surface area contributed by atoms with E-state index in [2.05, 4.69) is 6.07 Å². The summed E-state index contributed by atoms with van der Waals surface area (Å²) in [4.78, 5) is 14.1. The Kier molecular flexibility index (Phi) is 4.48. The molecule has 1 fully saturated rings. The van der Waals surface area contributed by atoms with Crippen LogP contribution in [0.2, 0.25) is 0 Å². The van der Waals surface area contributed by atoms with Gasteiger partial charge in [0.1, 0.15) is 5.75 Å². The molecule has 22 heavy (non-hydrogen) atoms. The number of hydrogen-bond donors (Lipinski definition) is 1. The fourth-order valence-electron chi connectivity index (χ4n) is 3.19. The van der Waals surface area contributed by atoms with Gasteiger partial charge in [0.05, 0.1) is 12.7 Å². The van der Waals surface area contributed by atoms with Crippen LogP contribution in [0.5, 0.6) is 5.75 Å². The van der Waals surface area contributed by atoms with E-state index in [0.29, 0.717) is 6.54 Å². The second-order valence-corrected chi connectivity index (χ2v) is 6.23. The molecule has 2 heterocycles. The molecule has 118 valence electrons. The fraction of sp³-hybridized carbons (Fsp3) is 0.500. The Morgan fingerprint density at radius 1 is 1.50 bits per heavy atom. The highest BCUT2D eigenvalue weighted by Crippen LogP contribution is 2.26. The summed E-state index contributed by atoms with van der Waals surface area (Å²) >= 11 is 0. The van der Waals surface area contributed by atoms with Crippen molar-refractivity contribution < 1.29 is 14.6 Å². The molecule has 1 aromatic carbocycles. The molecule has 1 aromatic rings. The van der Waals surface area contributed by atoms with Crippen LogP contribution in [0.25, 0.3) is 6.08 Å². The Balaban J connectivity index is 1.63. The highest BCUT2D eigenvalue weighted by Gasteiger charge is 2.25. The van der Waals surface area contributed by atoms with Crippen LogP contribution in [0, 0.1) is 5.92 Å². The Morgan fingerprint density at radius 2 is 2.36 bits per heavy atom. The Morgan fingerprint density at radius 3 is 3.18 bits per heavy atom. The predicted molar refractivity (Wildman–Crippen MR) is 85.7 cm³/mol. The zero-order chi connectivity index (χ0) is 15.5. The molecule has 4 nitrogen and oxygen atoms in total. The largest absolute Gasteiger partial charge is 0.493 e. The topological polar surface area (TPSA) is 49.8 Å². The SMILES string of the molecule is CC(O)C1CCCN(C(=O)/C=C/c2ccc3c(c2)CCO3)C1. The maximum Gasteiger partial charge on any atom is 0.246 e. The molecule has 2 aliphatic rings. The van der Waals surface area contributed by atoms with E-state index in [1.165, 1.54) is 5.56 Å². The first-order chi connectivity index (χ1) is 10.6. The number of hydrogen-bond acceptors (Lipinski definition) is 3. The van der Waals surface area contributed by atoms with Gasteiger partial charge in [-0.15, -0.1) is 0 Å². The molecule has 3 rings (SSSR count). The normalized spacial score (nSPS) is 22.5. The third kappa shape index (κ3) is 3.33. The molecule has 4 heteroatoms. The molecular weight excluding hydrogens is 278 g/mol. The van der Waals surface area contributed by atoms with Gasteiger partial charge in [0, 0.05) is 31.5 Å². The lowest BCUT2D eigenvalue weighted by atomic mass is 9.93. The molecule has 1 amide bonds. The van der Waals surface area contributed by atoms with Crippen LogP contribution >= 0.6 is 0 Å². The number of aliphatic hydroxyl groups excluding tert-OH is 1. The lowest BCUT2D eigenvalue weighted by molar-refractivity contribution is -0.128. The van der Waals surface area contributed by atoms with Crippen molar-refractivity contribution in [1.29, 1.82) is 0 Å². The first-order valence-electron chi connectivity index (χ1n) is 8.04. The number of nitrogens with zero attached hydrogens (tertiary/aromatic N) is 1. The summed E-state index contributed by atoms with van der Waals surface area (Å²) in [6.07, 6.45) is 6.06. The van der Waals surface area contributed by atoms with Crippen LogP contribution in [0.4, 0.5) is 0 Å². The van der Waals surface area contributed by atoms with E-state index in [4.69, 9.17) is 4.74 Å². The molecule has 1 N–H and O–H groups in total. The average molecular weight is 301 g/mol. The summed E-state index contributed by atoms with van der Waals surface area (Å²) in [5.74, 6) is 1.18. The maximum absolute atomic E-state index is 12.3. The Labute approximate surface area is 131 Å². The van der Waals surface area contributed by atoms with E-state index in [-0.39, 0.29) is 17.9 Å². The molecular formula is C18H23NO3. The average Bonchev–Trinajstić information content (AvgIpc) is 3.00. The van der Waals surface area contributed by atoms with E-state index in [1.54, 1.807) is 13.0 Å². The fourth-order valence-corrected chi connectivity index (χ4v) is 3.19. The number of benzene rings is 1. The third-order valence-corrected chi connectivity index (χ3v) is 4.58. The lowest BCUT2D eigenvalue weighted by Crippen LogP contribution is -2.42. The smallest absolute Gasteiger partial charge is 0.246 e. The van der Waals surface area contributed by atoms with Gasteiger partial charge in [-0.05, 0) is 49.1 Å². The van der Waals surface area contributed by atoms with Crippen molar-refractivity contribution >= 4 is 12.0 Å². The van der Waals surface area contributed by atoms with Crippen molar-refractivity contribution in [3.8, 4) is 5.75 Å². The van der Waals surface area contributed by atoms with Gasteiger partial charge in [0.15, 0.2) is 0 Å². The van der Waals surface area contributed by atoms with Crippen molar-refractivity contribution in [3.63, 3.8) is 0 Å². The second kappa shape index (κ2) is 6.53. The standard InChI is InChI=1S/C18H23NO3/c1-13(20)16-3-2-9-19(12-16)18(21)7-5-14-4-6-17-15(11-14)8-10-22-17/h4-7,11,13,16,20H,2-3,8-10,12H2,1H3/b7-5+. The summed E-state index contributed by atoms with van der Waals surface area (Å²) in [6.45, 7) is 3.99. The van der Waals surface area contributed by atoms with Crippen LogP contribution in [-0.4, -0.2) is 41.7 Å². The van der Waals surface area contributed by atoms with E-state index >= 15 is 0 Å². The van der Waals surface area contributed by atoms with Gasteiger partial charge in [0.25, 0.3) is 0 Å². The minimum Gasteiger partial charge on any atom is -0.493 e. The van der Waals surface area contributed by atoms with Gasteiger partial charge in [-0.2, -0.15) is 0 Å². The van der Waals surface area contributed by atoms with Crippen LogP contribution in [0.3, 0.4) is 0 Å². The number of piperidine rings is 1. The van der Waals surface area contributed by atoms with Gasteiger partial charge in [-0.25, -0.2) is 0 Å². The highest BCUT2D eigenvalue weighted by molar-refractivity contribution is 5.91. The maximum atomic E-state index is 12.3. The molecule has 2 unspecified atom stereocenters. The number of carbonyl (C=O) groups excluding carboxylic acids is 1. The van der Waals surface area contributed by atoms with Gasteiger partial charge in [-0.3, -0.25) is 4.79 Å². The van der Waals surface area contributed by atoms with E-state index < -0.39 is 0 Å². The van der Waals surface area contributed by atoms with E-state index in [1.807, 2.05) is 23.1 Å². The number of aliphatic hydroxyl groups is 1. The van der Waals surface area contributed by atoms with Crippen molar-refractivity contribution in [2.24, 2.45) is 5.92 Å². The summed E-state index contributed by atoms with van der Waals surface area (Å²) in [5, 5.41) is 9.71. The monoisotopic (exact) mass is 301 g/mol. The van der Waals surface area contributed by atoms with Gasteiger partial charge >= 0.3 is 0 Å². The summed E-state index contributed by atoms with van der Waals surface area (Å²) in [7, 11) is 0. The predicted octanol–water partition coefficient (Wildman–Crippen LogP) is 2.25. The zero-order valence-corrected chi connectivity index (χ0v) is 13.0. The number of rotatable bonds is 3. The Bertz CT molecular complexity index is 580. The van der Waals surface area contributed by atoms with Crippen molar-refractivity contribution in [1.82, 2.24) is 4.90 Å². The molecule has 0 saturated carbocycles. The van der Waals surface area contributed by atoms with Crippen molar-refractivity contribution in [2.45, 2.75) is 32.3 Å². The molecule has 2 atom stereocenters. The number of amides is 1. The molecule has 2 aliphatic heterocycles. The molecule has 1 saturated heterocycles. The summed E-state index contributed by atoms with van der Waals surface area (Å²) in [6, 6.07) is 6.03. The quantitative estimate of drug-likeness (QED) is 0.871. The van der Waals surface area contributed by atoms with E-state index in [0.717, 1.165) is 43.7 Å². The van der Waals surface area contributed by atoms with E-state index in [9.17, 15) is 9.90 Å². The molecule has 0 aromatic heterocycles. The minimum absolute atomic E-state index is 0.0297. The number of ether oxygens (including phenoxy) is 1. The first-order valence-corrected chi connectivity index (χ1v) is 8.04. The zero-order valence-electron chi connectivity index (χ0n) is 13.0. The van der Waals surface area contributed by atoms with Crippen molar-refractivity contribution in [2.75, 3.05) is 19.7 Å². The van der Waals surface area contributed by atoms with Gasteiger partial charge < -0.3 is 14.7 Å². The molecule has 0 radical (unpaired) electrons. The van der Waals surface area contributed by atoms with Crippen LogP contribution in [-0.2, 0) is 11.2 Å². The van der Waals surface area contributed by atoms with Gasteiger partial charge in [-0.1, -0.05) is 6.07 Å². The van der Waals surface area contributed by atoms with Crippen molar-refractivity contribution in [3.05, 3.63) is 35.4 Å². The number of carbonyl (C=O) groups is 1. The van der Waals surface area contributed by atoms with Crippen LogP contribution in [0.1, 0.15) is 30.9 Å². The second-order valence-electron chi connectivity index (χ2n) is 6.23. The summed E-state index contributed by atoms with van der Waals surface area (Å²) < 4.78 is 5.49. The number of fused-ring (bicyclic) bond motifs is 1. The van der Waals surface area contributed by atoms with Crippen LogP contribution < -0.4 is 4.74 Å². The molecule has 0 spiro atoms. The Hall–Kier alpha value is -1.81. The van der Waals surface area contributed by atoms with Crippen LogP contribution in [0.15, 0.2) is 24.3 Å².